The van der Waals surface area contributed by atoms with Crippen molar-refractivity contribution in [2.75, 3.05) is 31.6 Å². The van der Waals surface area contributed by atoms with E-state index in [4.69, 9.17) is 9.47 Å². The molecule has 0 saturated heterocycles. The maximum absolute atomic E-state index is 13.9. The van der Waals surface area contributed by atoms with Crippen LogP contribution in [0.15, 0.2) is 83.8 Å². The van der Waals surface area contributed by atoms with Gasteiger partial charge in [-0.25, -0.2) is 8.42 Å². The molecule has 1 atom stereocenters. The summed E-state index contributed by atoms with van der Waals surface area (Å²) < 4.78 is 39.4. The number of benzene rings is 3. The highest BCUT2D eigenvalue weighted by atomic mass is 32.2. The fraction of sp³-hybridized carbons (Fsp3) is 0.310. The highest BCUT2D eigenvalue weighted by Crippen LogP contribution is 2.32. The van der Waals surface area contributed by atoms with Gasteiger partial charge in [-0.15, -0.1) is 0 Å². The van der Waals surface area contributed by atoms with Gasteiger partial charge >= 0.3 is 0 Å². The lowest BCUT2D eigenvalue weighted by Crippen LogP contribution is -2.51. The molecule has 0 saturated carbocycles. The number of nitrogens with one attached hydrogen (secondary N) is 1. The van der Waals surface area contributed by atoms with Crippen molar-refractivity contribution in [2.24, 2.45) is 0 Å². The molecule has 0 heterocycles. The van der Waals surface area contributed by atoms with Crippen LogP contribution >= 0.6 is 0 Å². The van der Waals surface area contributed by atoms with Crippen molar-refractivity contribution in [2.45, 2.75) is 37.8 Å². The molecule has 0 radical (unpaired) electrons. The smallest absolute Gasteiger partial charge is 0.264 e. The van der Waals surface area contributed by atoms with Crippen molar-refractivity contribution in [3.63, 3.8) is 0 Å². The number of anilines is 1. The molecule has 0 fully saturated rings. The second-order valence-electron chi connectivity index (χ2n) is 8.83. The molecule has 1 unspecified atom stereocenters. The van der Waals surface area contributed by atoms with Crippen molar-refractivity contribution in [3.05, 3.63) is 84.4 Å². The molecule has 3 aromatic carbocycles. The zero-order chi connectivity index (χ0) is 28.4. The van der Waals surface area contributed by atoms with Gasteiger partial charge in [0.15, 0.2) is 0 Å². The molecule has 0 aliphatic carbocycles. The van der Waals surface area contributed by atoms with E-state index in [9.17, 15) is 18.0 Å². The molecule has 208 valence electrons. The Labute approximate surface area is 230 Å². The zero-order valence-corrected chi connectivity index (χ0v) is 23.5. The van der Waals surface area contributed by atoms with Gasteiger partial charge in [0.2, 0.25) is 11.8 Å². The first kappa shape index (κ1) is 29.5. The lowest BCUT2D eigenvalue weighted by Gasteiger charge is -2.32. The third kappa shape index (κ3) is 7.29. The number of methoxy groups -OCH3 is 2. The second-order valence-corrected chi connectivity index (χ2v) is 10.7. The van der Waals surface area contributed by atoms with Crippen LogP contribution in [-0.2, 0) is 26.2 Å². The average Bonchev–Trinajstić information content (AvgIpc) is 2.97. The first-order valence-corrected chi connectivity index (χ1v) is 14.1. The molecule has 1 N–H and O–H groups in total. The van der Waals surface area contributed by atoms with Gasteiger partial charge in [-0.05, 0) is 55.3 Å². The minimum atomic E-state index is -4.17. The number of rotatable bonds is 13. The minimum absolute atomic E-state index is 0.0270. The van der Waals surface area contributed by atoms with E-state index in [0.717, 1.165) is 16.3 Å². The lowest BCUT2D eigenvalue weighted by atomic mass is 10.1. The summed E-state index contributed by atoms with van der Waals surface area (Å²) in [6, 6.07) is 20.8. The molecule has 0 aliphatic rings. The fourth-order valence-corrected chi connectivity index (χ4v) is 5.42. The molecule has 9 nitrogen and oxygen atoms in total. The number of ether oxygens (including phenoxy) is 2. The van der Waals surface area contributed by atoms with Gasteiger partial charge in [0, 0.05) is 13.1 Å². The summed E-state index contributed by atoms with van der Waals surface area (Å²) in [6.07, 6.45) is 0.738. The van der Waals surface area contributed by atoms with Crippen LogP contribution in [0.25, 0.3) is 0 Å². The Kier molecular flexibility index (Phi) is 10.3. The predicted molar refractivity (Wildman–Crippen MR) is 150 cm³/mol. The average molecular weight is 554 g/mol. The number of carbonyl (C=O) groups is 2. The highest BCUT2D eigenvalue weighted by Gasteiger charge is 2.33. The number of amides is 2. The lowest BCUT2D eigenvalue weighted by molar-refractivity contribution is -0.139. The van der Waals surface area contributed by atoms with Crippen LogP contribution in [-0.4, -0.2) is 58.5 Å². The van der Waals surface area contributed by atoms with E-state index in [1.54, 1.807) is 80.8 Å². The van der Waals surface area contributed by atoms with Crippen LogP contribution in [0.3, 0.4) is 0 Å². The van der Waals surface area contributed by atoms with Crippen molar-refractivity contribution < 1.29 is 27.5 Å². The monoisotopic (exact) mass is 553 g/mol. The summed E-state index contributed by atoms with van der Waals surface area (Å²) in [4.78, 5) is 28.3. The number of hydrogen-bond donors (Lipinski definition) is 1. The van der Waals surface area contributed by atoms with Crippen LogP contribution < -0.4 is 19.1 Å². The summed E-state index contributed by atoms with van der Waals surface area (Å²) in [6.45, 7) is 3.58. The Hall–Kier alpha value is -4.05. The van der Waals surface area contributed by atoms with Gasteiger partial charge in [-0.2, -0.15) is 0 Å². The third-order valence-electron chi connectivity index (χ3n) is 6.19. The first-order chi connectivity index (χ1) is 18.7. The van der Waals surface area contributed by atoms with Gasteiger partial charge in [0.1, 0.15) is 24.1 Å². The van der Waals surface area contributed by atoms with E-state index >= 15 is 0 Å². The first-order valence-electron chi connectivity index (χ1n) is 12.6. The maximum Gasteiger partial charge on any atom is 0.264 e. The Morgan fingerprint density at radius 3 is 2.15 bits per heavy atom. The standard InChI is InChI=1S/C29H35N3O6S/c1-5-19-30-29(34)22(2)31(20-23-15-17-24(37-3)18-16-23)28(33)21-32(26-13-9-10-14-27(26)38-4)39(35,36)25-11-7-6-8-12-25/h6-18,22H,5,19-21H2,1-4H3,(H,30,34). The summed E-state index contributed by atoms with van der Waals surface area (Å²) in [5.74, 6) is 0.0748. The summed E-state index contributed by atoms with van der Waals surface area (Å²) >= 11 is 0. The maximum atomic E-state index is 13.9. The van der Waals surface area contributed by atoms with Crippen LogP contribution in [0.2, 0.25) is 0 Å². The van der Waals surface area contributed by atoms with E-state index in [0.29, 0.717) is 18.0 Å². The molecule has 39 heavy (non-hydrogen) atoms. The van der Waals surface area contributed by atoms with Crippen molar-refractivity contribution in [1.82, 2.24) is 10.2 Å². The number of para-hydroxylation sites is 2. The van der Waals surface area contributed by atoms with Crippen LogP contribution in [0.1, 0.15) is 25.8 Å². The molecule has 0 aliphatic heterocycles. The van der Waals surface area contributed by atoms with Crippen molar-refractivity contribution in [3.8, 4) is 11.5 Å². The number of hydrogen-bond acceptors (Lipinski definition) is 6. The summed E-state index contributed by atoms with van der Waals surface area (Å²) in [7, 11) is -1.17. The van der Waals surface area contributed by atoms with Crippen LogP contribution in [0.4, 0.5) is 5.69 Å². The molecule has 0 spiro atoms. The van der Waals surface area contributed by atoms with E-state index in [2.05, 4.69) is 5.32 Å². The van der Waals surface area contributed by atoms with E-state index in [1.165, 1.54) is 24.1 Å². The topological polar surface area (TPSA) is 105 Å². The summed E-state index contributed by atoms with van der Waals surface area (Å²) in [5, 5.41) is 2.83. The van der Waals surface area contributed by atoms with Gasteiger partial charge in [0.25, 0.3) is 10.0 Å². The number of nitrogens with zero attached hydrogens (tertiary/aromatic N) is 2. The highest BCUT2D eigenvalue weighted by molar-refractivity contribution is 7.92. The molecule has 3 aromatic rings. The Balaban J connectivity index is 2.03. The Bertz CT molecular complexity index is 1350. The van der Waals surface area contributed by atoms with Crippen LogP contribution in [0.5, 0.6) is 11.5 Å². The SMILES string of the molecule is CCCNC(=O)C(C)N(Cc1ccc(OC)cc1)C(=O)CN(c1ccccc1OC)S(=O)(=O)c1ccccc1. The third-order valence-corrected chi connectivity index (χ3v) is 7.97. The normalized spacial score (nSPS) is 11.8. The van der Waals surface area contributed by atoms with E-state index in [1.807, 2.05) is 6.92 Å². The largest absolute Gasteiger partial charge is 0.497 e. The number of carbonyl (C=O) groups excluding carboxylic acids is 2. The minimum Gasteiger partial charge on any atom is -0.497 e. The quantitative estimate of drug-likeness (QED) is 0.345. The van der Waals surface area contributed by atoms with Gasteiger partial charge in [0.05, 0.1) is 24.8 Å². The molecular weight excluding hydrogens is 518 g/mol. The fourth-order valence-electron chi connectivity index (χ4n) is 3.98. The van der Waals surface area contributed by atoms with Gasteiger partial charge in [-0.1, -0.05) is 49.4 Å². The van der Waals surface area contributed by atoms with Gasteiger partial charge in [-0.3, -0.25) is 13.9 Å². The molecule has 10 heteroatoms. The molecule has 2 amide bonds. The molecule has 0 aromatic heterocycles. The zero-order valence-electron chi connectivity index (χ0n) is 22.7. The Morgan fingerprint density at radius 2 is 1.54 bits per heavy atom. The second kappa shape index (κ2) is 13.7. The molecule has 0 bridgehead atoms. The van der Waals surface area contributed by atoms with Crippen molar-refractivity contribution in [1.29, 1.82) is 0 Å². The van der Waals surface area contributed by atoms with E-state index in [-0.39, 0.29) is 23.0 Å². The van der Waals surface area contributed by atoms with Gasteiger partial charge < -0.3 is 19.7 Å². The predicted octanol–water partition coefficient (Wildman–Crippen LogP) is 3.84. The van der Waals surface area contributed by atoms with Crippen LogP contribution in [0, 0.1) is 0 Å². The number of sulfonamides is 1. The molecular formula is C29H35N3O6S. The van der Waals surface area contributed by atoms with Crippen molar-refractivity contribution >= 4 is 27.5 Å². The van der Waals surface area contributed by atoms with E-state index < -0.39 is 28.5 Å². The molecule has 3 rings (SSSR count). The Morgan fingerprint density at radius 1 is 0.897 bits per heavy atom. The summed E-state index contributed by atoms with van der Waals surface area (Å²) in [5.41, 5.74) is 0.971.